The van der Waals surface area contributed by atoms with E-state index in [1.54, 1.807) is 0 Å². The van der Waals surface area contributed by atoms with Gasteiger partial charge in [0, 0.05) is 12.5 Å². The molecule has 1 N–H and O–H groups in total. The molecule has 0 aliphatic carbocycles. The summed E-state index contributed by atoms with van der Waals surface area (Å²) in [4.78, 5) is 11.3. The molecule has 0 fully saturated rings. The van der Waals surface area contributed by atoms with Crippen molar-refractivity contribution in [3.05, 3.63) is 0 Å². The first-order chi connectivity index (χ1) is 6.95. The number of nitrogens with one attached hydrogen (secondary N) is 1. The van der Waals surface area contributed by atoms with Crippen LogP contribution in [0.2, 0.25) is 0 Å². The molecule has 2 nitrogen and oxygen atoms in total. The molecule has 0 aromatic rings. The van der Waals surface area contributed by atoms with Crippen molar-refractivity contribution in [2.45, 2.75) is 32.6 Å². The van der Waals surface area contributed by atoms with E-state index >= 15 is 0 Å². The van der Waals surface area contributed by atoms with Gasteiger partial charge in [0.25, 0.3) is 5.91 Å². The maximum atomic E-state index is 11.3. The molecule has 3 heteroatoms. The van der Waals surface area contributed by atoms with Crippen molar-refractivity contribution in [1.29, 1.82) is 0 Å². The Labute approximate surface area is 95.5 Å². The minimum atomic E-state index is -0.880. The van der Waals surface area contributed by atoms with Gasteiger partial charge in [-0.15, -0.1) is 0 Å². The Balaban J connectivity index is 3.61. The first-order valence-corrected chi connectivity index (χ1v) is 8.30. The first kappa shape index (κ1) is 14.4. The predicted molar refractivity (Wildman–Crippen MR) is 70.3 cm³/mol. The summed E-state index contributed by atoms with van der Waals surface area (Å²) in [7, 11) is -0.880. The van der Waals surface area contributed by atoms with Crippen LogP contribution >= 0.6 is 10.0 Å². The third kappa shape index (κ3) is 11.3. The van der Waals surface area contributed by atoms with E-state index in [4.69, 9.17) is 0 Å². The number of hydrogen-bond donors (Lipinski definition) is 1. The Kier molecular flexibility index (Phi) is 7.33. The fourth-order valence-corrected chi connectivity index (χ4v) is 1.40. The molecule has 0 aromatic carbocycles. The summed E-state index contributed by atoms with van der Waals surface area (Å²) in [6.45, 7) is 2.93. The van der Waals surface area contributed by atoms with E-state index in [9.17, 15) is 4.79 Å². The SMILES string of the molecule is CCCCCCNC(=O)C#CS(C)(C)C. The molecule has 0 spiro atoms. The second-order valence-electron chi connectivity index (χ2n) is 4.38. The zero-order chi connectivity index (χ0) is 11.7. The maximum absolute atomic E-state index is 11.3. The molecule has 88 valence electrons. The summed E-state index contributed by atoms with van der Waals surface area (Å²) >= 11 is 0. The number of amides is 1. The van der Waals surface area contributed by atoms with Gasteiger partial charge in [-0.1, -0.05) is 26.2 Å². The van der Waals surface area contributed by atoms with E-state index in [-0.39, 0.29) is 5.91 Å². The standard InChI is InChI=1S/C12H23NOS/c1-5-6-7-8-10-13-12(14)9-11-15(2,3)4/h5-8,10H2,1-4H3,(H,13,14). The minimum absolute atomic E-state index is 0.131. The fraction of sp³-hybridized carbons (Fsp3) is 0.750. The Morgan fingerprint density at radius 2 is 1.87 bits per heavy atom. The number of unbranched alkanes of at least 4 members (excludes halogenated alkanes) is 3. The monoisotopic (exact) mass is 229 g/mol. The molecule has 0 aliphatic heterocycles. The number of carbonyl (C=O) groups excluding carboxylic acids is 1. The van der Waals surface area contributed by atoms with E-state index in [1.165, 1.54) is 19.3 Å². The maximum Gasteiger partial charge on any atom is 0.296 e. The van der Waals surface area contributed by atoms with Crippen LogP contribution in [-0.4, -0.2) is 31.2 Å². The van der Waals surface area contributed by atoms with Crippen LogP contribution in [-0.2, 0) is 4.79 Å². The number of rotatable bonds is 5. The van der Waals surface area contributed by atoms with Crippen LogP contribution < -0.4 is 5.32 Å². The molecule has 0 saturated heterocycles. The lowest BCUT2D eigenvalue weighted by atomic mass is 10.2. The fourth-order valence-electron chi connectivity index (χ4n) is 0.997. The molecule has 0 rings (SSSR count). The predicted octanol–water partition coefficient (Wildman–Crippen LogP) is 2.34. The van der Waals surface area contributed by atoms with Gasteiger partial charge in [-0.2, -0.15) is 10.0 Å². The third-order valence-electron chi connectivity index (χ3n) is 1.79. The molecule has 0 unspecified atom stereocenters. The van der Waals surface area contributed by atoms with Crippen molar-refractivity contribution in [1.82, 2.24) is 5.32 Å². The van der Waals surface area contributed by atoms with E-state index in [0.29, 0.717) is 0 Å². The van der Waals surface area contributed by atoms with Gasteiger partial charge < -0.3 is 5.32 Å². The van der Waals surface area contributed by atoms with Gasteiger partial charge in [0.05, 0.1) is 0 Å². The molecule has 0 aliphatic rings. The van der Waals surface area contributed by atoms with E-state index in [2.05, 4.69) is 42.2 Å². The molecule has 1 amide bonds. The lowest BCUT2D eigenvalue weighted by Crippen LogP contribution is -2.22. The highest BCUT2D eigenvalue weighted by atomic mass is 32.3. The van der Waals surface area contributed by atoms with Gasteiger partial charge >= 0.3 is 0 Å². The summed E-state index contributed by atoms with van der Waals surface area (Å²) in [6.07, 6.45) is 10.9. The van der Waals surface area contributed by atoms with Crippen LogP contribution in [0.5, 0.6) is 0 Å². The first-order valence-electron chi connectivity index (χ1n) is 5.44. The minimum Gasteiger partial charge on any atom is -0.345 e. The number of carbonyl (C=O) groups is 1. The quantitative estimate of drug-likeness (QED) is 0.569. The highest BCUT2D eigenvalue weighted by Crippen LogP contribution is 2.31. The normalized spacial score (nSPS) is 11.5. The average Bonchev–Trinajstić information content (AvgIpc) is 2.13. The van der Waals surface area contributed by atoms with Crippen LogP contribution in [0.4, 0.5) is 0 Å². The van der Waals surface area contributed by atoms with Crippen LogP contribution in [0.1, 0.15) is 32.6 Å². The van der Waals surface area contributed by atoms with Crippen molar-refractivity contribution in [2.75, 3.05) is 25.3 Å². The van der Waals surface area contributed by atoms with E-state index in [0.717, 1.165) is 13.0 Å². The zero-order valence-electron chi connectivity index (χ0n) is 10.4. The van der Waals surface area contributed by atoms with E-state index < -0.39 is 10.0 Å². The summed E-state index contributed by atoms with van der Waals surface area (Å²) in [5, 5.41) is 5.81. The highest BCUT2D eigenvalue weighted by molar-refractivity contribution is 8.36. The molecule has 0 heterocycles. The molecule has 0 bridgehead atoms. The second kappa shape index (κ2) is 7.64. The topological polar surface area (TPSA) is 29.1 Å². The smallest absolute Gasteiger partial charge is 0.296 e. The average molecular weight is 229 g/mol. The van der Waals surface area contributed by atoms with Gasteiger partial charge in [-0.05, 0) is 30.4 Å². The van der Waals surface area contributed by atoms with Gasteiger partial charge in [0.15, 0.2) is 0 Å². The lowest BCUT2D eigenvalue weighted by Gasteiger charge is -2.14. The Bertz CT molecular complexity index is 245. The van der Waals surface area contributed by atoms with Crippen LogP contribution in [0.3, 0.4) is 0 Å². The summed E-state index contributed by atoms with van der Waals surface area (Å²) < 4.78 is 0. The zero-order valence-corrected chi connectivity index (χ0v) is 11.2. The van der Waals surface area contributed by atoms with Crippen molar-refractivity contribution >= 4 is 15.9 Å². The second-order valence-corrected chi connectivity index (χ2v) is 8.26. The lowest BCUT2D eigenvalue weighted by molar-refractivity contribution is -0.115. The molecular weight excluding hydrogens is 206 g/mol. The summed E-state index contributed by atoms with van der Waals surface area (Å²) in [6, 6.07) is 0. The van der Waals surface area contributed by atoms with Crippen LogP contribution in [0.15, 0.2) is 0 Å². The van der Waals surface area contributed by atoms with Crippen molar-refractivity contribution in [3.63, 3.8) is 0 Å². The van der Waals surface area contributed by atoms with E-state index in [1.807, 2.05) is 0 Å². The molecule has 0 saturated carbocycles. The Hall–Kier alpha value is -0.620. The Morgan fingerprint density at radius 1 is 1.20 bits per heavy atom. The third-order valence-corrected chi connectivity index (χ3v) is 2.50. The van der Waals surface area contributed by atoms with Crippen LogP contribution in [0.25, 0.3) is 0 Å². The number of hydrogen-bond acceptors (Lipinski definition) is 1. The molecule has 0 atom stereocenters. The van der Waals surface area contributed by atoms with Crippen molar-refractivity contribution in [3.8, 4) is 11.2 Å². The van der Waals surface area contributed by atoms with Crippen molar-refractivity contribution in [2.24, 2.45) is 0 Å². The molecule has 15 heavy (non-hydrogen) atoms. The van der Waals surface area contributed by atoms with Gasteiger partial charge in [0.1, 0.15) is 0 Å². The molecule has 0 aromatic heterocycles. The Morgan fingerprint density at radius 3 is 2.40 bits per heavy atom. The molecule has 0 radical (unpaired) electrons. The van der Waals surface area contributed by atoms with Crippen LogP contribution in [0, 0.1) is 11.2 Å². The van der Waals surface area contributed by atoms with Gasteiger partial charge in [-0.25, -0.2) is 0 Å². The molecular formula is C12H23NOS. The highest BCUT2D eigenvalue weighted by Gasteiger charge is 1.98. The summed E-state index contributed by atoms with van der Waals surface area (Å²) in [5.41, 5.74) is 0. The van der Waals surface area contributed by atoms with Crippen molar-refractivity contribution < 1.29 is 4.79 Å². The van der Waals surface area contributed by atoms with Gasteiger partial charge in [0.2, 0.25) is 0 Å². The van der Waals surface area contributed by atoms with Gasteiger partial charge in [-0.3, -0.25) is 4.79 Å². The summed E-state index contributed by atoms with van der Waals surface area (Å²) in [5.74, 6) is 2.52. The largest absolute Gasteiger partial charge is 0.345 e.